The number of hydrogen-bond donors (Lipinski definition) is 0. The maximum Gasteiger partial charge on any atom is 0.116 e. The van der Waals surface area contributed by atoms with Crippen molar-refractivity contribution in [2.24, 2.45) is 0 Å². The van der Waals surface area contributed by atoms with E-state index < -0.39 is 8.07 Å². The van der Waals surface area contributed by atoms with Crippen LogP contribution < -0.4 is 5.19 Å². The molecule has 0 saturated heterocycles. The van der Waals surface area contributed by atoms with E-state index in [1.165, 1.54) is 10.8 Å². The van der Waals surface area contributed by atoms with Gasteiger partial charge in [0, 0.05) is 29.0 Å². The third-order valence-electron chi connectivity index (χ3n) is 4.73. The summed E-state index contributed by atoms with van der Waals surface area (Å²) in [6, 6.07) is 13.0. The van der Waals surface area contributed by atoms with Crippen LogP contribution in [0.3, 0.4) is 0 Å². The fourth-order valence-corrected chi connectivity index (χ4v) is 5.34. The van der Waals surface area contributed by atoms with Gasteiger partial charge in [0.25, 0.3) is 0 Å². The third-order valence-corrected chi connectivity index (χ3v) is 6.91. The highest BCUT2D eigenvalue weighted by Crippen LogP contribution is 2.27. The third kappa shape index (κ3) is 2.95. The molecule has 0 atom stereocenters. The first kappa shape index (κ1) is 16.7. The second-order valence-electron chi connectivity index (χ2n) is 7.67. The zero-order valence-electron chi connectivity index (χ0n) is 15.6. The molecule has 5 heteroatoms. The average molecular weight is 359 g/mol. The Morgan fingerprint density at radius 2 is 1.81 bits per heavy atom. The Bertz CT molecular complexity index is 1080. The summed E-state index contributed by atoms with van der Waals surface area (Å²) in [4.78, 5) is 13.2. The van der Waals surface area contributed by atoms with Gasteiger partial charge in [-0.1, -0.05) is 42.5 Å². The molecule has 4 aromatic rings. The van der Waals surface area contributed by atoms with Gasteiger partial charge in [-0.05, 0) is 31.2 Å². The lowest BCUT2D eigenvalue weighted by Gasteiger charge is -2.20. The fourth-order valence-electron chi connectivity index (χ4n) is 3.50. The minimum Gasteiger partial charge on any atom is -0.306 e. The van der Waals surface area contributed by atoms with Crippen molar-refractivity contribution in [3.8, 4) is 16.9 Å². The smallest absolute Gasteiger partial charge is 0.116 e. The molecule has 0 amide bonds. The van der Waals surface area contributed by atoms with Gasteiger partial charge in [0.2, 0.25) is 0 Å². The van der Waals surface area contributed by atoms with Crippen LogP contribution in [-0.4, -0.2) is 27.6 Å². The van der Waals surface area contributed by atoms with E-state index in [1.807, 2.05) is 10.8 Å². The van der Waals surface area contributed by atoms with Crippen LogP contribution in [0, 0.1) is 6.92 Å². The quantitative estimate of drug-likeness (QED) is 0.512. The van der Waals surface area contributed by atoms with Gasteiger partial charge in [0.15, 0.2) is 0 Å². The molecule has 0 fully saturated rings. The van der Waals surface area contributed by atoms with Crippen LogP contribution in [0.15, 0.2) is 61.4 Å². The van der Waals surface area contributed by atoms with Crippen molar-refractivity contribution in [2.75, 3.05) is 0 Å². The second-order valence-corrected chi connectivity index (χ2v) is 12.7. The molecule has 4 rings (SSSR count). The fraction of sp³-hybridized carbons (Fsp3) is 0.190. The van der Waals surface area contributed by atoms with Crippen molar-refractivity contribution in [3.05, 3.63) is 67.0 Å². The van der Waals surface area contributed by atoms with Gasteiger partial charge >= 0.3 is 0 Å². The van der Waals surface area contributed by atoms with Gasteiger partial charge in [-0.15, -0.1) is 0 Å². The van der Waals surface area contributed by atoms with Crippen LogP contribution in [0.25, 0.3) is 27.8 Å². The number of benzene rings is 2. The highest BCUT2D eigenvalue weighted by molar-refractivity contribution is 6.89. The number of nitrogens with zero attached hydrogens (tertiary/aromatic N) is 4. The molecule has 0 aliphatic rings. The monoisotopic (exact) mass is 358 g/mol. The number of hydrogen-bond acceptors (Lipinski definition) is 3. The first-order valence-electron chi connectivity index (χ1n) is 8.78. The van der Waals surface area contributed by atoms with Crippen molar-refractivity contribution < 1.29 is 0 Å². The van der Waals surface area contributed by atoms with Gasteiger partial charge in [-0.25, -0.2) is 15.0 Å². The molecule has 26 heavy (non-hydrogen) atoms. The van der Waals surface area contributed by atoms with E-state index in [0.29, 0.717) is 0 Å². The molecular formula is C21H22N4Si. The minimum absolute atomic E-state index is 0.938. The lowest BCUT2D eigenvalue weighted by atomic mass is 10.0. The normalized spacial score (nSPS) is 11.8. The van der Waals surface area contributed by atoms with Gasteiger partial charge in [-0.2, -0.15) is 0 Å². The summed E-state index contributed by atoms with van der Waals surface area (Å²) >= 11 is 0. The number of imidazole rings is 1. The predicted molar refractivity (Wildman–Crippen MR) is 110 cm³/mol. The lowest BCUT2D eigenvalue weighted by molar-refractivity contribution is 1.06. The van der Waals surface area contributed by atoms with Crippen molar-refractivity contribution >= 4 is 24.2 Å². The second kappa shape index (κ2) is 6.18. The van der Waals surface area contributed by atoms with E-state index >= 15 is 0 Å². The Hall–Kier alpha value is -2.79. The van der Waals surface area contributed by atoms with Crippen LogP contribution in [0.1, 0.15) is 5.56 Å². The van der Waals surface area contributed by atoms with Gasteiger partial charge < -0.3 is 4.57 Å². The van der Waals surface area contributed by atoms with E-state index in [9.17, 15) is 0 Å². The summed E-state index contributed by atoms with van der Waals surface area (Å²) in [6.07, 6.45) is 7.15. The zero-order chi connectivity index (χ0) is 18.3. The van der Waals surface area contributed by atoms with E-state index in [-0.39, 0.29) is 0 Å². The number of fused-ring (bicyclic) bond motifs is 1. The van der Waals surface area contributed by atoms with E-state index in [1.54, 1.807) is 18.9 Å². The number of aryl methyl sites for hydroxylation is 1. The van der Waals surface area contributed by atoms with Crippen LogP contribution in [0.2, 0.25) is 19.6 Å². The molecule has 0 radical (unpaired) electrons. The standard InChI is InChI=1S/C21H22N4Si/c1-15-11-16(5-8-20(15)26(2,3)4)21-18-7-6-17(25-10-9-22-14-25)12-19(18)23-13-24-21/h5-14H,1-4H3. The summed E-state index contributed by atoms with van der Waals surface area (Å²) in [5.41, 5.74) is 5.46. The summed E-state index contributed by atoms with van der Waals surface area (Å²) in [6.45, 7) is 9.35. The van der Waals surface area contributed by atoms with Crippen LogP contribution in [0.5, 0.6) is 0 Å². The number of aromatic nitrogens is 4. The highest BCUT2D eigenvalue weighted by atomic mass is 28.3. The SMILES string of the molecule is Cc1cc(-c2ncnc3cc(-n4ccnc4)ccc23)ccc1[Si](C)(C)C. The molecule has 0 unspecified atom stereocenters. The molecule has 0 bridgehead atoms. The van der Waals surface area contributed by atoms with E-state index in [4.69, 9.17) is 0 Å². The molecule has 2 aromatic carbocycles. The molecule has 0 aliphatic heterocycles. The molecule has 2 aromatic heterocycles. The first-order chi connectivity index (χ1) is 12.4. The minimum atomic E-state index is -1.34. The summed E-state index contributed by atoms with van der Waals surface area (Å²) in [5.74, 6) is 0. The van der Waals surface area contributed by atoms with Gasteiger partial charge in [0.05, 0.1) is 25.6 Å². The Balaban J connectivity index is 1.83. The largest absolute Gasteiger partial charge is 0.306 e. The van der Waals surface area contributed by atoms with Crippen LogP contribution >= 0.6 is 0 Å². The van der Waals surface area contributed by atoms with Crippen molar-refractivity contribution in [1.29, 1.82) is 0 Å². The van der Waals surface area contributed by atoms with E-state index in [2.05, 4.69) is 77.9 Å². The van der Waals surface area contributed by atoms with Gasteiger partial charge in [0.1, 0.15) is 6.33 Å². The Labute approximate surface area is 154 Å². The predicted octanol–water partition coefficient (Wildman–Crippen LogP) is 4.34. The maximum atomic E-state index is 4.58. The molecule has 4 nitrogen and oxygen atoms in total. The molecular weight excluding hydrogens is 336 g/mol. The first-order valence-corrected chi connectivity index (χ1v) is 12.3. The molecule has 0 spiro atoms. The number of rotatable bonds is 3. The van der Waals surface area contributed by atoms with E-state index in [0.717, 1.165) is 27.8 Å². The van der Waals surface area contributed by atoms with Crippen molar-refractivity contribution in [3.63, 3.8) is 0 Å². The van der Waals surface area contributed by atoms with Gasteiger partial charge in [-0.3, -0.25) is 0 Å². The lowest BCUT2D eigenvalue weighted by Crippen LogP contribution is -2.39. The molecule has 0 saturated carbocycles. The molecule has 130 valence electrons. The summed E-state index contributed by atoms with van der Waals surface area (Å²) in [5, 5.41) is 2.57. The highest BCUT2D eigenvalue weighted by Gasteiger charge is 2.19. The van der Waals surface area contributed by atoms with Crippen LogP contribution in [0.4, 0.5) is 0 Å². The molecule has 0 aliphatic carbocycles. The molecule has 2 heterocycles. The Morgan fingerprint density at radius 1 is 0.962 bits per heavy atom. The van der Waals surface area contributed by atoms with Crippen molar-refractivity contribution in [1.82, 2.24) is 19.5 Å². The topological polar surface area (TPSA) is 43.6 Å². The average Bonchev–Trinajstić information content (AvgIpc) is 3.14. The van der Waals surface area contributed by atoms with Crippen LogP contribution in [-0.2, 0) is 0 Å². The maximum absolute atomic E-state index is 4.58. The van der Waals surface area contributed by atoms with Crippen molar-refractivity contribution in [2.45, 2.75) is 26.6 Å². The zero-order valence-corrected chi connectivity index (χ0v) is 16.6. The Morgan fingerprint density at radius 3 is 2.50 bits per heavy atom. The summed E-state index contributed by atoms with van der Waals surface area (Å²) < 4.78 is 1.98. The Kier molecular flexibility index (Phi) is 3.96. The summed E-state index contributed by atoms with van der Waals surface area (Å²) in [7, 11) is -1.34. The molecule has 0 N–H and O–H groups in total.